The molecule has 0 saturated heterocycles. The Morgan fingerprint density at radius 3 is 1.37 bits per heavy atom. The summed E-state index contributed by atoms with van der Waals surface area (Å²) in [6.07, 6.45) is 4.47. The number of para-hydroxylation sites is 2. The average molecular weight is 735 g/mol. The minimum Gasteiger partial charge on any atom is -0.310 e. The average Bonchev–Trinajstić information content (AvgIpc) is 3.46. The van der Waals surface area contributed by atoms with Gasteiger partial charge in [-0.1, -0.05) is 147 Å². The second-order valence-electron chi connectivity index (χ2n) is 15.7. The van der Waals surface area contributed by atoms with Gasteiger partial charge in [-0.25, -0.2) is 0 Å². The molecule has 0 aromatic heterocycles. The third kappa shape index (κ3) is 7.07. The van der Waals surface area contributed by atoms with Crippen LogP contribution < -0.4 is 9.80 Å². The van der Waals surface area contributed by atoms with Gasteiger partial charge in [0.2, 0.25) is 0 Å². The van der Waals surface area contributed by atoms with Gasteiger partial charge in [-0.2, -0.15) is 0 Å². The van der Waals surface area contributed by atoms with Crippen LogP contribution in [0.1, 0.15) is 47.2 Å². The van der Waals surface area contributed by atoms with Crippen LogP contribution in [0.25, 0.3) is 34.4 Å². The quantitative estimate of drug-likeness (QED) is 0.136. The molecular formula is C55H46N2. The van der Waals surface area contributed by atoms with E-state index in [9.17, 15) is 0 Å². The van der Waals surface area contributed by atoms with E-state index in [0.29, 0.717) is 0 Å². The summed E-state index contributed by atoms with van der Waals surface area (Å²) < 4.78 is 0. The van der Waals surface area contributed by atoms with Crippen LogP contribution in [0.2, 0.25) is 0 Å². The molecule has 0 saturated carbocycles. The lowest BCUT2D eigenvalue weighted by molar-refractivity contribution is 0.660. The van der Waals surface area contributed by atoms with E-state index in [0.717, 1.165) is 39.7 Å². The molecule has 2 nitrogen and oxygen atoms in total. The second-order valence-corrected chi connectivity index (χ2v) is 15.7. The first-order valence-corrected chi connectivity index (χ1v) is 19.8. The van der Waals surface area contributed by atoms with Crippen LogP contribution >= 0.6 is 0 Å². The number of anilines is 6. The molecule has 0 fully saturated rings. The van der Waals surface area contributed by atoms with Crippen molar-refractivity contribution in [1.82, 2.24) is 0 Å². The molecule has 0 amide bonds. The van der Waals surface area contributed by atoms with Crippen LogP contribution in [0.15, 0.2) is 194 Å². The summed E-state index contributed by atoms with van der Waals surface area (Å²) in [7, 11) is 0. The van der Waals surface area contributed by atoms with Crippen molar-refractivity contribution in [2.75, 3.05) is 9.80 Å². The number of rotatable bonds is 9. The van der Waals surface area contributed by atoms with Gasteiger partial charge in [0.15, 0.2) is 0 Å². The first-order chi connectivity index (χ1) is 27.8. The van der Waals surface area contributed by atoms with Crippen molar-refractivity contribution >= 4 is 46.3 Å². The maximum absolute atomic E-state index is 2.39. The van der Waals surface area contributed by atoms with Gasteiger partial charge in [-0.05, 0) is 142 Å². The lowest BCUT2D eigenvalue weighted by Gasteiger charge is -2.28. The summed E-state index contributed by atoms with van der Waals surface area (Å²) >= 11 is 0. The molecule has 0 spiro atoms. The van der Waals surface area contributed by atoms with Gasteiger partial charge in [-0.15, -0.1) is 0 Å². The standard InChI is InChI=1S/C55H46N2/c1-39-34-40(2)36-50(35-39)57(48-29-25-44(26-30-48)43-14-8-5-9-15-43)47-27-22-41(23-28-47)20-21-42-24-32-51-52-33-31-49(38-54(52)55(3,4)53(51)37-42)56(45-16-10-6-11-17-45)46-18-12-7-13-19-46/h5-38H,1-4H3/b21-20+. The van der Waals surface area contributed by atoms with E-state index in [1.807, 2.05) is 0 Å². The van der Waals surface area contributed by atoms with Crippen molar-refractivity contribution in [1.29, 1.82) is 0 Å². The van der Waals surface area contributed by atoms with Crippen LogP contribution in [0, 0.1) is 13.8 Å². The molecule has 8 aromatic carbocycles. The van der Waals surface area contributed by atoms with E-state index in [4.69, 9.17) is 0 Å². The number of benzene rings is 8. The highest BCUT2D eigenvalue weighted by Gasteiger charge is 2.36. The summed E-state index contributed by atoms with van der Waals surface area (Å²) in [5.74, 6) is 0. The third-order valence-corrected chi connectivity index (χ3v) is 11.3. The second kappa shape index (κ2) is 15.0. The number of fused-ring (bicyclic) bond motifs is 3. The van der Waals surface area contributed by atoms with Crippen molar-refractivity contribution in [2.24, 2.45) is 0 Å². The summed E-state index contributed by atoms with van der Waals surface area (Å²) in [6, 6.07) is 70.3. The van der Waals surface area contributed by atoms with Crippen LogP contribution in [0.3, 0.4) is 0 Å². The molecule has 1 aliphatic carbocycles. The SMILES string of the molecule is Cc1cc(C)cc(N(c2ccc(/C=C/c3ccc4c(c3)C(C)(C)c3cc(N(c5ccccc5)c5ccccc5)ccc3-4)cc2)c2ccc(-c3ccccc3)cc2)c1. The van der Waals surface area contributed by atoms with Crippen molar-refractivity contribution in [3.63, 3.8) is 0 Å². The van der Waals surface area contributed by atoms with Gasteiger partial charge in [-0.3, -0.25) is 0 Å². The predicted molar refractivity (Wildman–Crippen MR) is 244 cm³/mol. The van der Waals surface area contributed by atoms with E-state index in [-0.39, 0.29) is 5.41 Å². The maximum atomic E-state index is 2.39. The fraction of sp³-hybridized carbons (Fsp3) is 0.0909. The Morgan fingerprint density at radius 2 is 0.772 bits per heavy atom. The van der Waals surface area contributed by atoms with Crippen LogP contribution in [-0.2, 0) is 5.41 Å². The van der Waals surface area contributed by atoms with Gasteiger partial charge in [0.1, 0.15) is 0 Å². The molecule has 0 aliphatic heterocycles. The van der Waals surface area contributed by atoms with E-state index >= 15 is 0 Å². The Balaban J connectivity index is 0.990. The van der Waals surface area contributed by atoms with Gasteiger partial charge >= 0.3 is 0 Å². The van der Waals surface area contributed by atoms with Gasteiger partial charge in [0, 0.05) is 39.5 Å². The Kier molecular flexibility index (Phi) is 9.40. The van der Waals surface area contributed by atoms with Crippen molar-refractivity contribution < 1.29 is 0 Å². The molecule has 0 atom stereocenters. The molecule has 1 aliphatic rings. The zero-order chi connectivity index (χ0) is 38.9. The normalized spacial score (nSPS) is 12.6. The Bertz CT molecular complexity index is 2630. The van der Waals surface area contributed by atoms with Gasteiger partial charge < -0.3 is 9.80 Å². The first kappa shape index (κ1) is 35.8. The van der Waals surface area contributed by atoms with E-state index < -0.39 is 0 Å². The number of aryl methyl sites for hydroxylation is 2. The largest absolute Gasteiger partial charge is 0.310 e. The Morgan fingerprint density at radius 1 is 0.351 bits per heavy atom. The topological polar surface area (TPSA) is 6.48 Å². The zero-order valence-electron chi connectivity index (χ0n) is 33.0. The van der Waals surface area contributed by atoms with Crippen LogP contribution in [0.4, 0.5) is 34.1 Å². The summed E-state index contributed by atoms with van der Waals surface area (Å²) in [6.45, 7) is 9.06. The number of hydrogen-bond acceptors (Lipinski definition) is 2. The number of hydrogen-bond donors (Lipinski definition) is 0. The van der Waals surface area contributed by atoms with E-state index in [1.54, 1.807) is 0 Å². The fourth-order valence-electron chi connectivity index (χ4n) is 8.47. The van der Waals surface area contributed by atoms with Crippen molar-refractivity contribution in [3.8, 4) is 22.3 Å². The molecule has 8 aromatic rings. The molecule has 0 N–H and O–H groups in total. The molecule has 276 valence electrons. The van der Waals surface area contributed by atoms with Crippen molar-refractivity contribution in [3.05, 3.63) is 228 Å². The smallest absolute Gasteiger partial charge is 0.0466 e. The van der Waals surface area contributed by atoms with Gasteiger partial charge in [0.05, 0.1) is 0 Å². The molecule has 0 radical (unpaired) electrons. The third-order valence-electron chi connectivity index (χ3n) is 11.3. The Hall–Kier alpha value is -6.90. The molecule has 0 bridgehead atoms. The highest BCUT2D eigenvalue weighted by molar-refractivity contribution is 5.87. The lowest BCUT2D eigenvalue weighted by Crippen LogP contribution is -2.16. The fourth-order valence-corrected chi connectivity index (χ4v) is 8.47. The lowest BCUT2D eigenvalue weighted by atomic mass is 9.81. The van der Waals surface area contributed by atoms with Gasteiger partial charge in [0.25, 0.3) is 0 Å². The minimum absolute atomic E-state index is 0.151. The van der Waals surface area contributed by atoms with E-state index in [1.165, 1.54) is 50.1 Å². The van der Waals surface area contributed by atoms with Crippen molar-refractivity contribution in [2.45, 2.75) is 33.1 Å². The highest BCUT2D eigenvalue weighted by Crippen LogP contribution is 2.51. The van der Waals surface area contributed by atoms with Crippen LogP contribution in [0.5, 0.6) is 0 Å². The summed E-state index contributed by atoms with van der Waals surface area (Å²) in [4.78, 5) is 4.70. The molecule has 0 unspecified atom stereocenters. The molecule has 0 heterocycles. The maximum Gasteiger partial charge on any atom is 0.0466 e. The minimum atomic E-state index is -0.151. The number of nitrogens with zero attached hydrogens (tertiary/aromatic N) is 2. The van der Waals surface area contributed by atoms with E-state index in [2.05, 4.69) is 244 Å². The zero-order valence-corrected chi connectivity index (χ0v) is 33.0. The first-order valence-electron chi connectivity index (χ1n) is 19.8. The van der Waals surface area contributed by atoms with Crippen LogP contribution in [-0.4, -0.2) is 0 Å². The monoisotopic (exact) mass is 734 g/mol. The highest BCUT2D eigenvalue weighted by atomic mass is 15.1. The molecule has 2 heteroatoms. The molecular weight excluding hydrogens is 689 g/mol. The Labute approximate surface area is 337 Å². The molecule has 57 heavy (non-hydrogen) atoms. The summed E-state index contributed by atoms with van der Waals surface area (Å²) in [5.41, 5.74) is 19.3. The molecule has 9 rings (SSSR count). The predicted octanol–water partition coefficient (Wildman–Crippen LogP) is 15.4. The summed E-state index contributed by atoms with van der Waals surface area (Å²) in [5, 5.41) is 0.